The second-order valence-corrected chi connectivity index (χ2v) is 9.20. The SMILES string of the molecule is COc1cc(C)c(S(=O)(=O)Nc2ccccc2C(=O)NC2CCCCC2)cc1C. The van der Waals surface area contributed by atoms with Gasteiger partial charge in [0.1, 0.15) is 5.75 Å². The van der Waals surface area contributed by atoms with Gasteiger partial charge in [-0.05, 0) is 62.1 Å². The van der Waals surface area contributed by atoms with Gasteiger partial charge in [0, 0.05) is 6.04 Å². The van der Waals surface area contributed by atoms with Gasteiger partial charge in [-0.2, -0.15) is 0 Å². The molecule has 0 spiro atoms. The summed E-state index contributed by atoms with van der Waals surface area (Å²) in [5, 5.41) is 3.05. The summed E-state index contributed by atoms with van der Waals surface area (Å²) in [5.74, 6) is 0.381. The number of hydrogen-bond acceptors (Lipinski definition) is 4. The van der Waals surface area contributed by atoms with Gasteiger partial charge in [0.25, 0.3) is 15.9 Å². The van der Waals surface area contributed by atoms with Gasteiger partial charge in [0.2, 0.25) is 0 Å². The molecule has 0 aliphatic heterocycles. The Morgan fingerprint density at radius 2 is 1.72 bits per heavy atom. The zero-order chi connectivity index (χ0) is 21.0. The lowest BCUT2D eigenvalue weighted by atomic mass is 9.95. The lowest BCUT2D eigenvalue weighted by Gasteiger charge is -2.23. The highest BCUT2D eigenvalue weighted by molar-refractivity contribution is 7.92. The molecule has 1 fully saturated rings. The summed E-state index contributed by atoms with van der Waals surface area (Å²) in [5.41, 5.74) is 1.89. The fraction of sp³-hybridized carbons (Fsp3) is 0.409. The van der Waals surface area contributed by atoms with Crippen LogP contribution in [0.15, 0.2) is 41.3 Å². The summed E-state index contributed by atoms with van der Waals surface area (Å²) < 4.78 is 34.0. The molecule has 2 aromatic rings. The van der Waals surface area contributed by atoms with E-state index in [1.54, 1.807) is 57.4 Å². The Labute approximate surface area is 172 Å². The van der Waals surface area contributed by atoms with Crippen LogP contribution in [0.1, 0.15) is 53.6 Å². The average molecular weight is 417 g/mol. The molecule has 0 atom stereocenters. The molecular weight excluding hydrogens is 388 g/mol. The highest BCUT2D eigenvalue weighted by Gasteiger charge is 2.23. The Hall–Kier alpha value is -2.54. The molecule has 6 nitrogen and oxygen atoms in total. The molecule has 1 aliphatic carbocycles. The first-order valence-corrected chi connectivity index (χ1v) is 11.4. The molecule has 1 saturated carbocycles. The fourth-order valence-corrected chi connectivity index (χ4v) is 5.14. The minimum absolute atomic E-state index is 0.146. The number of methoxy groups -OCH3 is 1. The normalized spacial score (nSPS) is 15.0. The number of aryl methyl sites for hydroxylation is 2. The molecule has 156 valence electrons. The van der Waals surface area contributed by atoms with Crippen LogP contribution in [-0.4, -0.2) is 27.5 Å². The molecule has 7 heteroatoms. The van der Waals surface area contributed by atoms with Gasteiger partial charge in [-0.1, -0.05) is 31.4 Å². The van der Waals surface area contributed by atoms with Crippen molar-refractivity contribution in [2.45, 2.75) is 56.9 Å². The summed E-state index contributed by atoms with van der Waals surface area (Å²) in [6.07, 6.45) is 5.34. The number of sulfonamides is 1. The van der Waals surface area contributed by atoms with E-state index in [1.807, 2.05) is 0 Å². The third kappa shape index (κ3) is 4.90. The first-order valence-electron chi connectivity index (χ1n) is 9.90. The number of anilines is 1. The molecule has 0 heterocycles. The van der Waals surface area contributed by atoms with Gasteiger partial charge in [-0.3, -0.25) is 9.52 Å². The van der Waals surface area contributed by atoms with Crippen molar-refractivity contribution in [2.24, 2.45) is 0 Å². The number of rotatable bonds is 6. The molecule has 0 radical (unpaired) electrons. The van der Waals surface area contributed by atoms with E-state index >= 15 is 0 Å². The number of benzene rings is 2. The van der Waals surface area contributed by atoms with Crippen LogP contribution in [0.25, 0.3) is 0 Å². The zero-order valence-corrected chi connectivity index (χ0v) is 17.9. The maximum absolute atomic E-state index is 13.1. The average Bonchev–Trinajstić information content (AvgIpc) is 2.70. The van der Waals surface area contributed by atoms with Crippen LogP contribution in [0, 0.1) is 13.8 Å². The van der Waals surface area contributed by atoms with E-state index in [2.05, 4.69) is 10.0 Å². The summed E-state index contributed by atoms with van der Waals surface area (Å²) in [4.78, 5) is 13.0. The van der Waals surface area contributed by atoms with Crippen molar-refractivity contribution >= 4 is 21.6 Å². The second kappa shape index (κ2) is 8.86. The third-order valence-electron chi connectivity index (χ3n) is 5.34. The van der Waals surface area contributed by atoms with Gasteiger partial charge < -0.3 is 10.1 Å². The molecule has 2 aromatic carbocycles. The van der Waals surface area contributed by atoms with Crippen molar-refractivity contribution in [3.05, 3.63) is 53.1 Å². The van der Waals surface area contributed by atoms with Crippen LogP contribution in [0.5, 0.6) is 5.75 Å². The number of ether oxygens (including phenoxy) is 1. The van der Waals surface area contributed by atoms with Crippen molar-refractivity contribution in [3.63, 3.8) is 0 Å². The zero-order valence-electron chi connectivity index (χ0n) is 17.1. The Morgan fingerprint density at radius 3 is 2.41 bits per heavy atom. The first-order chi connectivity index (χ1) is 13.8. The number of carbonyl (C=O) groups excluding carboxylic acids is 1. The Balaban J connectivity index is 1.86. The minimum atomic E-state index is -3.87. The lowest BCUT2D eigenvalue weighted by Crippen LogP contribution is -2.36. The molecule has 0 unspecified atom stereocenters. The molecular formula is C22H28N2O4S. The number of nitrogens with one attached hydrogen (secondary N) is 2. The number of hydrogen-bond donors (Lipinski definition) is 2. The van der Waals surface area contributed by atoms with Gasteiger partial charge in [0.15, 0.2) is 0 Å². The van der Waals surface area contributed by atoms with Gasteiger partial charge in [-0.25, -0.2) is 8.42 Å². The predicted octanol–water partition coefficient (Wildman–Crippen LogP) is 4.18. The van der Waals surface area contributed by atoms with Gasteiger partial charge >= 0.3 is 0 Å². The first kappa shape index (κ1) is 21.2. The quantitative estimate of drug-likeness (QED) is 0.740. The molecule has 29 heavy (non-hydrogen) atoms. The van der Waals surface area contributed by atoms with Crippen LogP contribution in [-0.2, 0) is 10.0 Å². The lowest BCUT2D eigenvalue weighted by molar-refractivity contribution is 0.0928. The van der Waals surface area contributed by atoms with Crippen molar-refractivity contribution in [1.29, 1.82) is 0 Å². The number of amides is 1. The van der Waals surface area contributed by atoms with Crippen molar-refractivity contribution in [1.82, 2.24) is 5.32 Å². The maximum atomic E-state index is 13.1. The second-order valence-electron chi connectivity index (χ2n) is 7.55. The van der Waals surface area contributed by atoms with Gasteiger partial charge in [0.05, 0.1) is 23.3 Å². The summed E-state index contributed by atoms with van der Waals surface area (Å²) >= 11 is 0. The number of carbonyl (C=O) groups is 1. The largest absolute Gasteiger partial charge is 0.496 e. The Morgan fingerprint density at radius 1 is 1.03 bits per heavy atom. The van der Waals surface area contributed by atoms with Crippen LogP contribution in [0.4, 0.5) is 5.69 Å². The topological polar surface area (TPSA) is 84.5 Å². The molecule has 1 aliphatic rings. The van der Waals surface area contributed by atoms with Crippen molar-refractivity contribution in [3.8, 4) is 5.75 Å². The Bertz CT molecular complexity index is 996. The molecule has 2 N–H and O–H groups in total. The summed E-state index contributed by atoms with van der Waals surface area (Å²) in [7, 11) is -2.32. The summed E-state index contributed by atoms with van der Waals surface area (Å²) in [6, 6.07) is 10.1. The van der Waals surface area contributed by atoms with Crippen LogP contribution in [0.2, 0.25) is 0 Å². The molecule has 0 aromatic heterocycles. The third-order valence-corrected chi connectivity index (χ3v) is 6.85. The van der Waals surface area contributed by atoms with Crippen LogP contribution in [0.3, 0.4) is 0 Å². The smallest absolute Gasteiger partial charge is 0.262 e. The van der Waals surface area contributed by atoms with E-state index in [9.17, 15) is 13.2 Å². The Kier molecular flexibility index (Phi) is 6.47. The highest BCUT2D eigenvalue weighted by atomic mass is 32.2. The van der Waals surface area contributed by atoms with E-state index < -0.39 is 10.0 Å². The fourth-order valence-electron chi connectivity index (χ4n) is 3.75. The van der Waals surface area contributed by atoms with Gasteiger partial charge in [-0.15, -0.1) is 0 Å². The molecule has 0 bridgehead atoms. The maximum Gasteiger partial charge on any atom is 0.262 e. The number of para-hydroxylation sites is 1. The van der Waals surface area contributed by atoms with E-state index in [-0.39, 0.29) is 22.5 Å². The van der Waals surface area contributed by atoms with E-state index in [4.69, 9.17) is 4.74 Å². The van der Waals surface area contributed by atoms with Crippen LogP contribution < -0.4 is 14.8 Å². The van der Waals surface area contributed by atoms with Crippen LogP contribution >= 0.6 is 0 Å². The van der Waals surface area contributed by atoms with E-state index in [0.29, 0.717) is 16.9 Å². The van der Waals surface area contributed by atoms with Crippen molar-refractivity contribution < 1.29 is 17.9 Å². The van der Waals surface area contributed by atoms with Crippen molar-refractivity contribution in [2.75, 3.05) is 11.8 Å². The summed E-state index contributed by atoms with van der Waals surface area (Å²) in [6.45, 7) is 3.51. The molecule has 3 rings (SSSR count). The predicted molar refractivity (Wildman–Crippen MR) is 114 cm³/mol. The minimum Gasteiger partial charge on any atom is -0.496 e. The van der Waals surface area contributed by atoms with E-state index in [0.717, 1.165) is 31.2 Å². The standard InChI is InChI=1S/C22H28N2O4S/c1-15-14-21(16(2)13-20(15)28-3)29(26,27)24-19-12-8-7-11-18(19)22(25)23-17-9-5-4-6-10-17/h7-8,11-14,17,24H,4-6,9-10H2,1-3H3,(H,23,25). The molecule has 1 amide bonds. The molecule has 0 saturated heterocycles. The highest BCUT2D eigenvalue weighted by Crippen LogP contribution is 2.28. The monoisotopic (exact) mass is 416 g/mol. The van der Waals surface area contributed by atoms with E-state index in [1.165, 1.54) is 6.42 Å².